The summed E-state index contributed by atoms with van der Waals surface area (Å²) in [6.07, 6.45) is -0.0353. The van der Waals surface area contributed by atoms with Gasteiger partial charge in [0.15, 0.2) is 0 Å². The van der Waals surface area contributed by atoms with Crippen LogP contribution in [0.1, 0.15) is 12.5 Å². The van der Waals surface area contributed by atoms with Crippen molar-refractivity contribution < 1.29 is 22.8 Å². The minimum atomic E-state index is -3.60. The Labute approximate surface area is 133 Å². The molecule has 3 rings (SSSR count). The Hall–Kier alpha value is -1.94. The molecule has 23 heavy (non-hydrogen) atoms. The van der Waals surface area contributed by atoms with Crippen molar-refractivity contribution >= 4 is 18.6 Å². The quantitative estimate of drug-likeness (QED) is 0.670. The van der Waals surface area contributed by atoms with Gasteiger partial charge >= 0.3 is 7.60 Å². The molecule has 1 N–H and O–H groups in total. The first-order chi connectivity index (χ1) is 11.0. The lowest BCUT2D eigenvalue weighted by Gasteiger charge is -2.10. The second-order valence-electron chi connectivity index (χ2n) is 5.20. The molecule has 2 aromatic carbocycles. The molecule has 0 amide bonds. The predicted molar refractivity (Wildman–Crippen MR) is 86.8 cm³/mol. The third-order valence-corrected chi connectivity index (χ3v) is 4.86. The van der Waals surface area contributed by atoms with Gasteiger partial charge in [-0.15, -0.1) is 0 Å². The van der Waals surface area contributed by atoms with Crippen LogP contribution >= 0.6 is 7.60 Å². The van der Waals surface area contributed by atoms with Gasteiger partial charge in [0.05, 0.1) is 12.8 Å². The molecule has 1 unspecified atom stereocenters. The van der Waals surface area contributed by atoms with Crippen molar-refractivity contribution in [1.29, 1.82) is 0 Å². The number of hydrogen-bond donors (Lipinski definition) is 1. The van der Waals surface area contributed by atoms with E-state index in [1.54, 1.807) is 43.3 Å². The molecular formula is C17H16FO4P. The van der Waals surface area contributed by atoms with Crippen molar-refractivity contribution in [2.75, 3.05) is 6.61 Å². The average Bonchev–Trinajstić information content (AvgIpc) is 2.90. The smallest absolute Gasteiger partial charge is 0.332 e. The first-order valence-electron chi connectivity index (χ1n) is 7.21. The summed E-state index contributed by atoms with van der Waals surface area (Å²) >= 11 is 0. The SMILES string of the molecule is CCOP(=O)(O)Cc1ccc(-c2cc3cc(F)ccc3o2)cc1. The van der Waals surface area contributed by atoms with Crippen LogP contribution in [0.25, 0.3) is 22.3 Å². The van der Waals surface area contributed by atoms with E-state index < -0.39 is 7.60 Å². The van der Waals surface area contributed by atoms with Gasteiger partial charge in [-0.05, 0) is 36.8 Å². The molecule has 6 heteroatoms. The van der Waals surface area contributed by atoms with Gasteiger partial charge in [0.1, 0.15) is 17.2 Å². The van der Waals surface area contributed by atoms with Gasteiger partial charge in [-0.2, -0.15) is 0 Å². The maximum Gasteiger partial charge on any atom is 0.332 e. The molecule has 0 aliphatic carbocycles. The number of furan rings is 1. The number of fused-ring (bicyclic) bond motifs is 1. The van der Waals surface area contributed by atoms with E-state index in [2.05, 4.69) is 0 Å². The molecule has 1 aromatic heterocycles. The number of benzene rings is 2. The fourth-order valence-corrected chi connectivity index (χ4v) is 3.58. The van der Waals surface area contributed by atoms with E-state index in [0.29, 0.717) is 22.3 Å². The average molecular weight is 334 g/mol. The summed E-state index contributed by atoms with van der Waals surface area (Å²) < 4.78 is 35.5. The van der Waals surface area contributed by atoms with Crippen molar-refractivity contribution in [2.45, 2.75) is 13.1 Å². The van der Waals surface area contributed by atoms with Gasteiger partial charge in [0, 0.05) is 10.9 Å². The lowest BCUT2D eigenvalue weighted by Crippen LogP contribution is -1.93. The number of halogens is 1. The van der Waals surface area contributed by atoms with E-state index in [-0.39, 0.29) is 18.6 Å². The molecule has 0 spiro atoms. The second kappa shape index (κ2) is 6.28. The van der Waals surface area contributed by atoms with Crippen LogP contribution in [0.3, 0.4) is 0 Å². The molecule has 1 atom stereocenters. The lowest BCUT2D eigenvalue weighted by molar-refractivity contribution is 0.272. The highest BCUT2D eigenvalue weighted by atomic mass is 31.2. The van der Waals surface area contributed by atoms with Crippen LogP contribution in [0.15, 0.2) is 52.9 Å². The van der Waals surface area contributed by atoms with Crippen molar-refractivity contribution in [1.82, 2.24) is 0 Å². The zero-order chi connectivity index (χ0) is 16.4. The first kappa shape index (κ1) is 15.9. The highest BCUT2D eigenvalue weighted by Gasteiger charge is 2.19. The summed E-state index contributed by atoms with van der Waals surface area (Å²) in [6.45, 7) is 1.87. The maximum atomic E-state index is 13.2. The molecule has 0 saturated carbocycles. The number of rotatable bonds is 5. The Morgan fingerprint density at radius 2 is 1.91 bits per heavy atom. The summed E-state index contributed by atoms with van der Waals surface area (Å²) in [4.78, 5) is 9.65. The molecule has 4 nitrogen and oxygen atoms in total. The fraction of sp³-hybridized carbons (Fsp3) is 0.176. The topological polar surface area (TPSA) is 59.7 Å². The Morgan fingerprint density at radius 3 is 2.61 bits per heavy atom. The molecule has 3 aromatic rings. The highest BCUT2D eigenvalue weighted by Crippen LogP contribution is 2.45. The van der Waals surface area contributed by atoms with Crippen LogP contribution < -0.4 is 0 Å². The molecule has 0 bridgehead atoms. The van der Waals surface area contributed by atoms with E-state index in [9.17, 15) is 13.8 Å². The van der Waals surface area contributed by atoms with Crippen LogP contribution in [-0.2, 0) is 15.3 Å². The van der Waals surface area contributed by atoms with Crippen LogP contribution in [0.2, 0.25) is 0 Å². The normalized spacial score (nSPS) is 14.0. The minimum absolute atomic E-state index is 0.0353. The van der Waals surface area contributed by atoms with Gasteiger partial charge in [-0.25, -0.2) is 4.39 Å². The van der Waals surface area contributed by atoms with Gasteiger partial charge in [0.2, 0.25) is 0 Å². The summed E-state index contributed by atoms with van der Waals surface area (Å²) in [5.41, 5.74) is 2.13. The summed E-state index contributed by atoms with van der Waals surface area (Å²) in [7, 11) is -3.60. The molecule has 0 saturated heterocycles. The Balaban J connectivity index is 1.84. The molecule has 0 aliphatic rings. The van der Waals surface area contributed by atoms with E-state index in [1.807, 2.05) is 0 Å². The van der Waals surface area contributed by atoms with Crippen molar-refractivity contribution in [2.24, 2.45) is 0 Å². The summed E-state index contributed by atoms with van der Waals surface area (Å²) in [6, 6.07) is 13.2. The monoisotopic (exact) mass is 334 g/mol. The minimum Gasteiger partial charge on any atom is -0.456 e. The number of hydrogen-bond acceptors (Lipinski definition) is 3. The largest absolute Gasteiger partial charge is 0.456 e. The Morgan fingerprint density at radius 1 is 1.17 bits per heavy atom. The highest BCUT2D eigenvalue weighted by molar-refractivity contribution is 7.51. The zero-order valence-corrected chi connectivity index (χ0v) is 13.4. The first-order valence-corrected chi connectivity index (χ1v) is 8.98. The summed E-state index contributed by atoms with van der Waals surface area (Å²) in [5, 5.41) is 0.695. The Kier molecular flexibility index (Phi) is 4.35. The zero-order valence-electron chi connectivity index (χ0n) is 12.5. The molecular weight excluding hydrogens is 318 g/mol. The van der Waals surface area contributed by atoms with Crippen LogP contribution in [0.5, 0.6) is 0 Å². The van der Waals surface area contributed by atoms with Crippen molar-refractivity contribution in [3.63, 3.8) is 0 Å². The van der Waals surface area contributed by atoms with E-state index in [0.717, 1.165) is 5.56 Å². The molecule has 0 fully saturated rings. The van der Waals surface area contributed by atoms with Crippen molar-refractivity contribution in [3.05, 3.63) is 59.9 Å². The second-order valence-corrected chi connectivity index (χ2v) is 7.05. The van der Waals surface area contributed by atoms with E-state index in [4.69, 9.17) is 8.94 Å². The van der Waals surface area contributed by atoms with Crippen LogP contribution in [-0.4, -0.2) is 11.5 Å². The Bertz CT molecular complexity index is 870. The van der Waals surface area contributed by atoms with Gasteiger partial charge in [0.25, 0.3) is 0 Å². The third-order valence-electron chi connectivity index (χ3n) is 3.43. The van der Waals surface area contributed by atoms with Crippen LogP contribution in [0.4, 0.5) is 4.39 Å². The van der Waals surface area contributed by atoms with E-state index in [1.165, 1.54) is 12.1 Å². The van der Waals surface area contributed by atoms with Gasteiger partial charge in [-0.1, -0.05) is 24.3 Å². The third kappa shape index (κ3) is 3.70. The standard InChI is InChI=1S/C17H16FO4P/c1-2-21-23(19,20)11-12-3-5-13(6-4-12)17-10-14-9-15(18)7-8-16(14)22-17/h3-10H,2,11H2,1H3,(H,19,20). The van der Waals surface area contributed by atoms with Gasteiger partial charge in [-0.3, -0.25) is 4.57 Å². The van der Waals surface area contributed by atoms with Crippen LogP contribution in [0, 0.1) is 5.82 Å². The maximum absolute atomic E-state index is 13.2. The molecule has 0 radical (unpaired) electrons. The van der Waals surface area contributed by atoms with Crippen molar-refractivity contribution in [3.8, 4) is 11.3 Å². The summed E-state index contributed by atoms with van der Waals surface area (Å²) in [5.74, 6) is 0.309. The molecule has 120 valence electrons. The van der Waals surface area contributed by atoms with Gasteiger partial charge < -0.3 is 13.8 Å². The lowest BCUT2D eigenvalue weighted by atomic mass is 10.1. The fourth-order valence-electron chi connectivity index (χ4n) is 2.41. The predicted octanol–water partition coefficient (Wildman–Crippen LogP) is 4.96. The van der Waals surface area contributed by atoms with E-state index >= 15 is 0 Å². The molecule has 1 heterocycles. The molecule has 0 aliphatic heterocycles.